The Labute approximate surface area is 114 Å². The number of para-hydroxylation sites is 1. The summed E-state index contributed by atoms with van der Waals surface area (Å²) in [5, 5.41) is 12.9. The van der Waals surface area contributed by atoms with Crippen molar-refractivity contribution in [1.29, 1.82) is 5.26 Å². The van der Waals surface area contributed by atoms with E-state index < -0.39 is 0 Å². The quantitative estimate of drug-likeness (QED) is 0.650. The molecule has 1 aliphatic carbocycles. The first-order valence-electron chi connectivity index (χ1n) is 6.64. The van der Waals surface area contributed by atoms with Crippen molar-refractivity contribution < 1.29 is 0 Å². The van der Waals surface area contributed by atoms with E-state index >= 15 is 0 Å². The van der Waals surface area contributed by atoms with E-state index in [9.17, 15) is 5.26 Å². The third-order valence-corrected chi connectivity index (χ3v) is 4.43. The van der Waals surface area contributed by atoms with Crippen molar-refractivity contribution in [3.8, 4) is 6.07 Å². The van der Waals surface area contributed by atoms with E-state index in [0.717, 1.165) is 12.8 Å². The van der Waals surface area contributed by atoms with Crippen LogP contribution in [0.3, 0.4) is 0 Å². The number of hydrogen-bond acceptors (Lipinski definition) is 3. The van der Waals surface area contributed by atoms with Crippen molar-refractivity contribution in [3.63, 3.8) is 0 Å². The highest BCUT2D eigenvalue weighted by Gasteiger charge is 2.23. The minimum absolute atomic E-state index is 0.155. The van der Waals surface area contributed by atoms with Gasteiger partial charge in [0.2, 0.25) is 0 Å². The fourth-order valence-electron chi connectivity index (χ4n) is 2.60. The van der Waals surface area contributed by atoms with Crippen molar-refractivity contribution >= 4 is 17.4 Å². The number of nitrogens with one attached hydrogen (secondary N) is 1. The second-order valence-corrected chi connectivity index (χ2v) is 5.67. The molecule has 2 rings (SSSR count). The average molecular weight is 260 g/mol. The molecule has 2 nitrogen and oxygen atoms in total. The lowest BCUT2D eigenvalue weighted by Gasteiger charge is -2.23. The van der Waals surface area contributed by atoms with Crippen LogP contribution in [0, 0.1) is 17.2 Å². The van der Waals surface area contributed by atoms with Crippen molar-refractivity contribution in [3.05, 3.63) is 24.3 Å². The Bertz CT molecular complexity index is 425. The molecule has 1 saturated carbocycles. The zero-order valence-electron chi connectivity index (χ0n) is 10.9. The summed E-state index contributed by atoms with van der Waals surface area (Å²) in [7, 11) is 0. The molecule has 0 heterocycles. The maximum atomic E-state index is 9.30. The molecule has 0 amide bonds. The van der Waals surface area contributed by atoms with Crippen LogP contribution in [0.25, 0.3) is 0 Å². The molecular formula is C15H20N2S. The van der Waals surface area contributed by atoms with Gasteiger partial charge in [0.1, 0.15) is 0 Å². The van der Waals surface area contributed by atoms with E-state index in [1.54, 1.807) is 11.8 Å². The Morgan fingerprint density at radius 1 is 1.22 bits per heavy atom. The topological polar surface area (TPSA) is 35.8 Å². The van der Waals surface area contributed by atoms with Gasteiger partial charge in [0.15, 0.2) is 0 Å². The first kappa shape index (κ1) is 13.3. The highest BCUT2D eigenvalue weighted by molar-refractivity contribution is 7.98. The fourth-order valence-corrected chi connectivity index (χ4v) is 3.16. The van der Waals surface area contributed by atoms with Gasteiger partial charge in [0.25, 0.3) is 0 Å². The lowest BCUT2D eigenvalue weighted by molar-refractivity contribution is 0.513. The molecule has 96 valence electrons. The van der Waals surface area contributed by atoms with Crippen LogP contribution in [-0.2, 0) is 0 Å². The van der Waals surface area contributed by atoms with E-state index in [-0.39, 0.29) is 5.92 Å². The first-order valence-corrected chi connectivity index (χ1v) is 7.87. The van der Waals surface area contributed by atoms with Crippen molar-refractivity contribution in [2.75, 3.05) is 11.6 Å². The third kappa shape index (κ3) is 3.20. The van der Waals surface area contributed by atoms with Gasteiger partial charge in [-0.15, -0.1) is 11.8 Å². The standard InChI is InChI=1S/C15H20N2S/c1-18-15-10-6-5-9-14(15)17-13-8-4-2-3-7-12(13)11-16/h5-6,9-10,12-13,17H,2-4,7-8H2,1H3. The lowest BCUT2D eigenvalue weighted by Crippen LogP contribution is -2.27. The van der Waals surface area contributed by atoms with Gasteiger partial charge in [-0.1, -0.05) is 31.4 Å². The lowest BCUT2D eigenvalue weighted by atomic mass is 9.96. The molecule has 1 aromatic carbocycles. The zero-order chi connectivity index (χ0) is 12.8. The Hall–Kier alpha value is -1.14. The molecule has 0 aliphatic heterocycles. The second-order valence-electron chi connectivity index (χ2n) is 4.82. The highest BCUT2D eigenvalue weighted by Crippen LogP contribution is 2.30. The molecule has 0 saturated heterocycles. The monoisotopic (exact) mass is 260 g/mol. The third-order valence-electron chi connectivity index (χ3n) is 3.63. The van der Waals surface area contributed by atoms with E-state index in [1.165, 1.54) is 29.8 Å². The molecule has 0 bridgehead atoms. The largest absolute Gasteiger partial charge is 0.380 e. The molecule has 1 fully saturated rings. The molecule has 18 heavy (non-hydrogen) atoms. The van der Waals surface area contributed by atoms with Gasteiger partial charge in [-0.05, 0) is 31.2 Å². The van der Waals surface area contributed by atoms with Crippen LogP contribution in [0.5, 0.6) is 0 Å². The zero-order valence-corrected chi connectivity index (χ0v) is 11.7. The van der Waals surface area contributed by atoms with Crippen LogP contribution in [-0.4, -0.2) is 12.3 Å². The summed E-state index contributed by atoms with van der Waals surface area (Å²) in [5.41, 5.74) is 1.18. The summed E-state index contributed by atoms with van der Waals surface area (Å²) < 4.78 is 0. The summed E-state index contributed by atoms with van der Waals surface area (Å²) in [6, 6.07) is 11.2. The number of hydrogen-bond donors (Lipinski definition) is 1. The van der Waals surface area contributed by atoms with Crippen molar-refractivity contribution in [2.24, 2.45) is 5.92 Å². The molecule has 0 aromatic heterocycles. The number of nitrogens with zero attached hydrogens (tertiary/aromatic N) is 1. The summed E-state index contributed by atoms with van der Waals surface area (Å²) in [6.07, 6.45) is 7.93. The van der Waals surface area contributed by atoms with E-state index in [1.807, 2.05) is 0 Å². The van der Waals surface area contributed by atoms with Crippen LogP contribution >= 0.6 is 11.8 Å². The van der Waals surface area contributed by atoms with Gasteiger partial charge in [-0.25, -0.2) is 0 Å². The van der Waals surface area contributed by atoms with E-state index in [4.69, 9.17) is 0 Å². The molecule has 2 atom stereocenters. The van der Waals surface area contributed by atoms with Gasteiger partial charge in [-0.3, -0.25) is 0 Å². The number of rotatable bonds is 3. The number of nitriles is 1. The van der Waals surface area contributed by atoms with Crippen LogP contribution in [0.2, 0.25) is 0 Å². The van der Waals surface area contributed by atoms with Crippen LogP contribution in [0.4, 0.5) is 5.69 Å². The summed E-state index contributed by atoms with van der Waals surface area (Å²) >= 11 is 1.75. The van der Waals surface area contributed by atoms with Crippen molar-refractivity contribution in [2.45, 2.75) is 43.0 Å². The summed E-state index contributed by atoms with van der Waals surface area (Å²) in [5.74, 6) is 0.155. The van der Waals surface area contributed by atoms with Gasteiger partial charge < -0.3 is 5.32 Å². The average Bonchev–Trinajstić information content (AvgIpc) is 2.64. The number of benzene rings is 1. The SMILES string of the molecule is CSc1ccccc1NC1CCCCCC1C#N. The Morgan fingerprint density at radius 2 is 2.00 bits per heavy atom. The molecule has 0 radical (unpaired) electrons. The predicted octanol–water partition coefficient (Wildman–Crippen LogP) is 4.29. The Morgan fingerprint density at radius 3 is 2.78 bits per heavy atom. The summed E-state index contributed by atoms with van der Waals surface area (Å²) in [6.45, 7) is 0. The van der Waals surface area contributed by atoms with Crippen LogP contribution in [0.1, 0.15) is 32.1 Å². The number of anilines is 1. The van der Waals surface area contributed by atoms with Crippen molar-refractivity contribution in [1.82, 2.24) is 0 Å². The molecule has 1 aromatic rings. The predicted molar refractivity (Wildman–Crippen MR) is 77.8 cm³/mol. The smallest absolute Gasteiger partial charge is 0.0677 e. The fraction of sp³-hybridized carbons (Fsp3) is 0.533. The molecule has 1 N–H and O–H groups in total. The number of thioether (sulfide) groups is 1. The molecule has 3 heteroatoms. The first-order chi connectivity index (χ1) is 8.85. The van der Waals surface area contributed by atoms with Gasteiger partial charge >= 0.3 is 0 Å². The molecular weight excluding hydrogens is 240 g/mol. The minimum Gasteiger partial charge on any atom is -0.380 e. The molecule has 1 aliphatic rings. The van der Waals surface area contributed by atoms with Gasteiger partial charge in [0.05, 0.1) is 12.0 Å². The minimum atomic E-state index is 0.155. The second kappa shape index (κ2) is 6.70. The Kier molecular flexibility index (Phi) is 4.95. The maximum absolute atomic E-state index is 9.30. The maximum Gasteiger partial charge on any atom is 0.0677 e. The summed E-state index contributed by atoms with van der Waals surface area (Å²) in [4.78, 5) is 1.26. The highest BCUT2D eigenvalue weighted by atomic mass is 32.2. The van der Waals surface area contributed by atoms with Gasteiger partial charge in [-0.2, -0.15) is 5.26 Å². The van der Waals surface area contributed by atoms with Crippen LogP contribution in [0.15, 0.2) is 29.2 Å². The molecule has 2 unspecified atom stereocenters. The molecule has 0 spiro atoms. The van der Waals surface area contributed by atoms with Crippen LogP contribution < -0.4 is 5.32 Å². The van der Waals surface area contributed by atoms with E-state index in [0.29, 0.717) is 6.04 Å². The van der Waals surface area contributed by atoms with Gasteiger partial charge in [0, 0.05) is 16.6 Å². The normalized spacial score (nSPS) is 24.0. The van der Waals surface area contributed by atoms with E-state index in [2.05, 4.69) is 41.9 Å². The Balaban J connectivity index is 2.13.